The molecule has 0 saturated carbocycles. The van der Waals surface area contributed by atoms with E-state index >= 15 is 0 Å². The van der Waals surface area contributed by atoms with Gasteiger partial charge in [-0.05, 0) is 19.1 Å². The number of ether oxygens (including phenoxy) is 2. The molecule has 1 aromatic rings. The molecule has 92 valence electrons. The van der Waals surface area contributed by atoms with E-state index in [0.29, 0.717) is 19.8 Å². The zero-order chi connectivity index (χ0) is 11.9. The third kappa shape index (κ3) is 1.57. The van der Waals surface area contributed by atoms with Gasteiger partial charge >= 0.3 is 0 Å². The van der Waals surface area contributed by atoms with Crippen molar-refractivity contribution in [3.63, 3.8) is 0 Å². The summed E-state index contributed by atoms with van der Waals surface area (Å²) in [6.07, 6.45) is 1.65. The van der Waals surface area contributed by atoms with Gasteiger partial charge < -0.3 is 19.4 Å². The second-order valence-electron chi connectivity index (χ2n) is 4.66. The Morgan fingerprint density at radius 2 is 2.35 bits per heavy atom. The van der Waals surface area contributed by atoms with Crippen LogP contribution < -0.4 is 10.5 Å². The summed E-state index contributed by atoms with van der Waals surface area (Å²) in [5.41, 5.74) is 0.451. The van der Waals surface area contributed by atoms with Crippen molar-refractivity contribution in [1.29, 1.82) is 0 Å². The van der Waals surface area contributed by atoms with Crippen molar-refractivity contribution >= 4 is 5.69 Å². The molecule has 0 aromatic carbocycles. The van der Waals surface area contributed by atoms with Gasteiger partial charge in [0.1, 0.15) is 11.3 Å². The molecular formula is C12H16N2O3. The fourth-order valence-electron chi connectivity index (χ4n) is 2.54. The van der Waals surface area contributed by atoms with Gasteiger partial charge in [0.2, 0.25) is 0 Å². The summed E-state index contributed by atoms with van der Waals surface area (Å²) in [6.45, 7) is 4.72. The van der Waals surface area contributed by atoms with Crippen LogP contribution in [-0.4, -0.2) is 43.0 Å². The van der Waals surface area contributed by atoms with Crippen molar-refractivity contribution in [2.45, 2.75) is 18.6 Å². The number of aromatic nitrogens is 1. The van der Waals surface area contributed by atoms with E-state index < -0.39 is 0 Å². The Hall–Kier alpha value is -1.33. The highest BCUT2D eigenvalue weighted by Crippen LogP contribution is 2.33. The molecule has 0 radical (unpaired) electrons. The molecule has 2 aliphatic heterocycles. The number of hydrogen-bond donors (Lipinski definition) is 1. The zero-order valence-electron chi connectivity index (χ0n) is 9.81. The summed E-state index contributed by atoms with van der Waals surface area (Å²) >= 11 is 0. The molecule has 2 fully saturated rings. The summed E-state index contributed by atoms with van der Waals surface area (Å²) < 4.78 is 11.1. The van der Waals surface area contributed by atoms with E-state index in [0.717, 1.165) is 12.2 Å². The van der Waals surface area contributed by atoms with Crippen molar-refractivity contribution in [3.8, 4) is 0 Å². The smallest absolute Gasteiger partial charge is 0.271 e. The van der Waals surface area contributed by atoms with E-state index in [1.54, 1.807) is 6.20 Å². The van der Waals surface area contributed by atoms with Gasteiger partial charge in [0.25, 0.3) is 5.56 Å². The molecule has 1 aromatic heterocycles. The first-order valence-electron chi connectivity index (χ1n) is 5.89. The van der Waals surface area contributed by atoms with Gasteiger partial charge in [0.05, 0.1) is 25.9 Å². The van der Waals surface area contributed by atoms with E-state index in [9.17, 15) is 4.79 Å². The highest BCUT2D eigenvalue weighted by molar-refractivity contribution is 5.46. The number of aromatic amines is 1. The number of nitrogens with one attached hydrogen (secondary N) is 1. The molecule has 1 atom stereocenters. The molecule has 5 nitrogen and oxygen atoms in total. The molecule has 2 saturated heterocycles. The highest BCUT2D eigenvalue weighted by atomic mass is 16.6. The van der Waals surface area contributed by atoms with Gasteiger partial charge in [-0.3, -0.25) is 4.79 Å². The van der Waals surface area contributed by atoms with Gasteiger partial charge in [-0.15, -0.1) is 0 Å². The monoisotopic (exact) mass is 236 g/mol. The van der Waals surface area contributed by atoms with Gasteiger partial charge in [0.15, 0.2) is 0 Å². The molecule has 2 aliphatic rings. The van der Waals surface area contributed by atoms with Crippen LogP contribution in [0.5, 0.6) is 0 Å². The third-order valence-electron chi connectivity index (χ3n) is 3.75. The van der Waals surface area contributed by atoms with Gasteiger partial charge in [-0.25, -0.2) is 0 Å². The van der Waals surface area contributed by atoms with Crippen LogP contribution in [0.2, 0.25) is 0 Å². The molecule has 1 spiro atoms. The zero-order valence-corrected chi connectivity index (χ0v) is 9.81. The first kappa shape index (κ1) is 10.8. The topological polar surface area (TPSA) is 54.6 Å². The minimum Gasteiger partial charge on any atom is -0.375 e. The minimum atomic E-state index is -0.222. The Labute approximate surface area is 99.3 Å². The van der Waals surface area contributed by atoms with E-state index in [-0.39, 0.29) is 17.2 Å². The molecule has 0 bridgehead atoms. The summed E-state index contributed by atoms with van der Waals surface area (Å²) in [7, 11) is 0. The van der Waals surface area contributed by atoms with E-state index in [2.05, 4.69) is 16.8 Å². The number of nitrogens with zero attached hydrogens (tertiary/aromatic N) is 1. The van der Waals surface area contributed by atoms with Crippen LogP contribution in [0.15, 0.2) is 23.1 Å². The Morgan fingerprint density at radius 3 is 3.00 bits per heavy atom. The molecule has 3 rings (SSSR count). The number of H-pyrrole nitrogens is 1. The number of anilines is 1. The van der Waals surface area contributed by atoms with Crippen molar-refractivity contribution < 1.29 is 9.47 Å². The predicted octanol–water partition coefficient (Wildman–Crippen LogP) is 0.369. The third-order valence-corrected chi connectivity index (χ3v) is 3.75. The molecule has 1 unspecified atom stereocenters. The van der Waals surface area contributed by atoms with Crippen molar-refractivity contribution in [2.24, 2.45) is 0 Å². The first-order chi connectivity index (χ1) is 8.23. The van der Waals surface area contributed by atoms with Crippen molar-refractivity contribution in [2.75, 3.05) is 31.3 Å². The average Bonchev–Trinajstić information content (AvgIpc) is 2.28. The lowest BCUT2D eigenvalue weighted by molar-refractivity contribution is -0.228. The van der Waals surface area contributed by atoms with Crippen LogP contribution in [0.4, 0.5) is 5.69 Å². The first-order valence-corrected chi connectivity index (χ1v) is 5.89. The Balaban J connectivity index is 1.93. The molecule has 5 heteroatoms. The summed E-state index contributed by atoms with van der Waals surface area (Å²) in [5.74, 6) is 0. The molecule has 3 heterocycles. The standard InChI is InChI=1S/C12H16N2O3/c1-9-12(7-16-8-12)17-6-5-14(9)10-3-2-4-13-11(10)15/h2-4,9H,5-8H2,1H3,(H,13,15). The van der Waals surface area contributed by atoms with E-state index in [1.807, 2.05) is 12.1 Å². The molecule has 0 aliphatic carbocycles. The summed E-state index contributed by atoms with van der Waals surface area (Å²) in [5, 5.41) is 0. The summed E-state index contributed by atoms with van der Waals surface area (Å²) in [4.78, 5) is 16.6. The second kappa shape index (κ2) is 3.85. The minimum absolute atomic E-state index is 0.0448. The van der Waals surface area contributed by atoms with Crippen LogP contribution in [-0.2, 0) is 9.47 Å². The molecular weight excluding hydrogens is 220 g/mol. The predicted molar refractivity (Wildman–Crippen MR) is 63.4 cm³/mol. The van der Waals surface area contributed by atoms with Gasteiger partial charge in [0, 0.05) is 12.7 Å². The lowest BCUT2D eigenvalue weighted by atomic mass is 9.90. The number of rotatable bonds is 1. The average molecular weight is 236 g/mol. The van der Waals surface area contributed by atoms with Crippen LogP contribution in [0, 0.1) is 0 Å². The molecule has 17 heavy (non-hydrogen) atoms. The highest BCUT2D eigenvalue weighted by Gasteiger charge is 2.49. The maximum absolute atomic E-state index is 11.8. The van der Waals surface area contributed by atoms with Crippen LogP contribution in [0.3, 0.4) is 0 Å². The normalized spacial score (nSPS) is 26.9. The summed E-state index contributed by atoms with van der Waals surface area (Å²) in [6, 6.07) is 3.87. The molecule has 1 N–H and O–H groups in total. The van der Waals surface area contributed by atoms with Crippen LogP contribution in [0.25, 0.3) is 0 Å². The van der Waals surface area contributed by atoms with Crippen molar-refractivity contribution in [1.82, 2.24) is 4.98 Å². The fraction of sp³-hybridized carbons (Fsp3) is 0.583. The van der Waals surface area contributed by atoms with E-state index in [1.165, 1.54) is 0 Å². The Morgan fingerprint density at radius 1 is 1.53 bits per heavy atom. The SMILES string of the molecule is CC1N(c2ccc[nH]c2=O)CCOC12COC2. The Bertz CT molecular complexity index is 467. The molecule has 0 amide bonds. The van der Waals surface area contributed by atoms with E-state index in [4.69, 9.17) is 9.47 Å². The van der Waals surface area contributed by atoms with Gasteiger partial charge in [-0.2, -0.15) is 0 Å². The lowest BCUT2D eigenvalue weighted by Crippen LogP contribution is -2.68. The Kier molecular flexibility index (Phi) is 2.45. The number of morpholine rings is 1. The number of hydrogen-bond acceptors (Lipinski definition) is 4. The maximum atomic E-state index is 11.8. The number of pyridine rings is 1. The lowest BCUT2D eigenvalue weighted by Gasteiger charge is -2.53. The van der Waals surface area contributed by atoms with Gasteiger partial charge in [-0.1, -0.05) is 0 Å². The largest absolute Gasteiger partial charge is 0.375 e. The quantitative estimate of drug-likeness (QED) is 0.765. The van der Waals surface area contributed by atoms with Crippen LogP contribution in [0.1, 0.15) is 6.92 Å². The van der Waals surface area contributed by atoms with Crippen molar-refractivity contribution in [3.05, 3.63) is 28.7 Å². The fourth-order valence-corrected chi connectivity index (χ4v) is 2.54. The second-order valence-corrected chi connectivity index (χ2v) is 4.66. The maximum Gasteiger partial charge on any atom is 0.271 e. The van der Waals surface area contributed by atoms with Crippen LogP contribution >= 0.6 is 0 Å².